The average Bonchev–Trinajstić information content (AvgIpc) is 3.47. The van der Waals surface area contributed by atoms with Crippen molar-refractivity contribution in [2.24, 2.45) is 4.99 Å². The number of nitrogens with one attached hydrogen (secondary N) is 2. The van der Waals surface area contributed by atoms with Crippen molar-refractivity contribution in [2.75, 3.05) is 44.7 Å². The van der Waals surface area contributed by atoms with Gasteiger partial charge in [-0.1, -0.05) is 25.0 Å². The van der Waals surface area contributed by atoms with E-state index in [9.17, 15) is 0 Å². The van der Waals surface area contributed by atoms with Crippen LogP contribution in [0.4, 0.5) is 5.82 Å². The van der Waals surface area contributed by atoms with Crippen LogP contribution in [0, 0.1) is 0 Å². The lowest BCUT2D eigenvalue weighted by Crippen LogP contribution is -2.42. The Morgan fingerprint density at radius 3 is 2.41 bits per heavy atom. The zero-order valence-corrected chi connectivity index (χ0v) is 22.3. The van der Waals surface area contributed by atoms with Crippen LogP contribution in [-0.4, -0.2) is 55.6 Å². The van der Waals surface area contributed by atoms with Gasteiger partial charge >= 0.3 is 0 Å². The van der Waals surface area contributed by atoms with Gasteiger partial charge in [0.2, 0.25) is 0 Å². The average molecular weight is 569 g/mol. The second kappa shape index (κ2) is 13.3. The number of anilines is 1. The Bertz CT molecular complexity index is 796. The Kier molecular flexibility index (Phi) is 10.5. The molecule has 4 rings (SSSR count). The molecule has 1 atom stereocenters. The number of likely N-dealkylation sites (tertiary alicyclic amines) is 1. The summed E-state index contributed by atoms with van der Waals surface area (Å²) in [4.78, 5) is 15.6. The molecule has 0 aliphatic carbocycles. The smallest absolute Gasteiger partial charge is 0.191 e. The van der Waals surface area contributed by atoms with Crippen molar-refractivity contribution in [1.29, 1.82) is 0 Å². The summed E-state index contributed by atoms with van der Waals surface area (Å²) in [6, 6.07) is 9.17. The molecule has 4 heterocycles. The number of aliphatic imine (C=N–C) groups is 1. The Morgan fingerprint density at radius 1 is 1.03 bits per heavy atom. The molecule has 2 saturated heterocycles. The van der Waals surface area contributed by atoms with E-state index in [1.807, 2.05) is 24.6 Å². The van der Waals surface area contributed by atoms with Gasteiger partial charge in [0.1, 0.15) is 5.82 Å². The molecule has 2 aliphatic heterocycles. The second-order valence-corrected chi connectivity index (χ2v) is 9.49. The molecule has 1 unspecified atom stereocenters. The van der Waals surface area contributed by atoms with Gasteiger partial charge in [0.25, 0.3) is 0 Å². The molecular weight excluding hydrogens is 531 g/mol. The minimum absolute atomic E-state index is 0. The number of hydrogen-bond donors (Lipinski definition) is 2. The van der Waals surface area contributed by atoms with E-state index < -0.39 is 0 Å². The largest absolute Gasteiger partial charge is 0.357 e. The number of rotatable bonds is 7. The number of aromatic nitrogens is 1. The van der Waals surface area contributed by atoms with Crippen LogP contribution in [0.1, 0.15) is 55.0 Å². The number of hydrogen-bond acceptors (Lipinski definition) is 5. The third-order valence-electron chi connectivity index (χ3n) is 6.34. The third kappa shape index (κ3) is 7.05. The van der Waals surface area contributed by atoms with Crippen molar-refractivity contribution in [3.8, 4) is 0 Å². The minimum Gasteiger partial charge on any atom is -0.357 e. The summed E-state index contributed by atoms with van der Waals surface area (Å²) >= 11 is 1.85. The molecular formula is C24H37IN6S. The number of pyridine rings is 1. The Labute approximate surface area is 213 Å². The predicted molar refractivity (Wildman–Crippen MR) is 146 cm³/mol. The molecule has 2 aliphatic rings. The van der Waals surface area contributed by atoms with Crippen LogP contribution >= 0.6 is 35.3 Å². The quantitative estimate of drug-likeness (QED) is 0.290. The van der Waals surface area contributed by atoms with Crippen molar-refractivity contribution in [3.05, 3.63) is 46.3 Å². The molecule has 2 aromatic heterocycles. The van der Waals surface area contributed by atoms with Crippen molar-refractivity contribution < 1.29 is 0 Å². The maximum Gasteiger partial charge on any atom is 0.191 e. The first kappa shape index (κ1) is 25.2. The van der Waals surface area contributed by atoms with Crippen molar-refractivity contribution >= 4 is 47.1 Å². The molecule has 0 radical (unpaired) electrons. The molecule has 8 heteroatoms. The molecule has 2 aromatic rings. The maximum absolute atomic E-state index is 4.73. The minimum atomic E-state index is 0. The Balaban J connectivity index is 0.00000289. The predicted octanol–water partition coefficient (Wildman–Crippen LogP) is 4.64. The Hall–Kier alpha value is -1.39. The summed E-state index contributed by atoms with van der Waals surface area (Å²) < 4.78 is 0. The topological polar surface area (TPSA) is 55.8 Å². The van der Waals surface area contributed by atoms with Gasteiger partial charge in [-0.25, -0.2) is 4.98 Å². The fraction of sp³-hybridized carbons (Fsp3) is 0.583. The van der Waals surface area contributed by atoms with Crippen molar-refractivity contribution in [3.63, 3.8) is 0 Å². The molecule has 0 saturated carbocycles. The van der Waals surface area contributed by atoms with Crippen molar-refractivity contribution in [1.82, 2.24) is 20.5 Å². The fourth-order valence-electron chi connectivity index (χ4n) is 4.55. The highest BCUT2D eigenvalue weighted by Crippen LogP contribution is 2.27. The highest BCUT2D eigenvalue weighted by Gasteiger charge is 2.24. The summed E-state index contributed by atoms with van der Waals surface area (Å²) in [6.07, 6.45) is 9.84. The molecule has 176 valence electrons. The highest BCUT2D eigenvalue weighted by atomic mass is 127. The van der Waals surface area contributed by atoms with E-state index in [1.165, 1.54) is 62.1 Å². The summed E-state index contributed by atoms with van der Waals surface area (Å²) in [6.45, 7) is 6.22. The lowest BCUT2D eigenvalue weighted by atomic mass is 10.2. The summed E-state index contributed by atoms with van der Waals surface area (Å²) in [5.41, 5.74) is 1.18. The maximum atomic E-state index is 4.73. The van der Waals surface area contributed by atoms with E-state index in [2.05, 4.69) is 55.1 Å². The van der Waals surface area contributed by atoms with Gasteiger partial charge in [0, 0.05) is 44.3 Å². The van der Waals surface area contributed by atoms with Crippen LogP contribution in [-0.2, 0) is 6.54 Å². The van der Waals surface area contributed by atoms with Gasteiger partial charge in [-0.2, -0.15) is 0 Å². The van der Waals surface area contributed by atoms with E-state index in [1.54, 1.807) is 0 Å². The van der Waals surface area contributed by atoms with Crippen LogP contribution in [0.5, 0.6) is 0 Å². The van der Waals surface area contributed by atoms with E-state index in [4.69, 9.17) is 4.98 Å². The zero-order valence-electron chi connectivity index (χ0n) is 19.1. The van der Waals surface area contributed by atoms with Gasteiger partial charge in [0.15, 0.2) is 5.96 Å². The first-order valence-corrected chi connectivity index (χ1v) is 12.6. The summed E-state index contributed by atoms with van der Waals surface area (Å²) in [5, 5.41) is 9.18. The molecule has 0 bridgehead atoms. The van der Waals surface area contributed by atoms with E-state index in [-0.39, 0.29) is 24.0 Å². The van der Waals surface area contributed by atoms with Gasteiger partial charge in [-0.05, 0) is 61.8 Å². The molecule has 2 fully saturated rings. The van der Waals surface area contributed by atoms with Gasteiger partial charge < -0.3 is 15.5 Å². The standard InChI is InChI=1S/C24H36N6S.HI/c1-25-24(28-19-21(22-9-8-16-31-22)29-12-6-7-13-29)27-18-20-10-11-23(26-17-20)30-14-4-2-3-5-15-30;/h8-11,16-17,21H,2-7,12-15,18-19H2,1H3,(H2,25,27,28);1H. The summed E-state index contributed by atoms with van der Waals surface area (Å²) in [5.74, 6) is 1.95. The highest BCUT2D eigenvalue weighted by molar-refractivity contribution is 14.0. The fourth-order valence-corrected chi connectivity index (χ4v) is 5.41. The number of guanidine groups is 1. The molecule has 0 spiro atoms. The van der Waals surface area contributed by atoms with E-state index in [0.29, 0.717) is 6.04 Å². The van der Waals surface area contributed by atoms with Crippen LogP contribution in [0.3, 0.4) is 0 Å². The monoisotopic (exact) mass is 568 g/mol. The number of thiophene rings is 1. The van der Waals surface area contributed by atoms with E-state index >= 15 is 0 Å². The van der Waals surface area contributed by atoms with E-state index in [0.717, 1.165) is 38.0 Å². The van der Waals surface area contributed by atoms with Gasteiger partial charge in [-0.3, -0.25) is 9.89 Å². The lowest BCUT2D eigenvalue weighted by molar-refractivity contribution is 0.249. The number of halogens is 1. The molecule has 6 nitrogen and oxygen atoms in total. The SMILES string of the molecule is CN=C(NCc1ccc(N2CCCCCC2)nc1)NCC(c1cccs1)N1CCCC1.I. The molecule has 0 amide bonds. The Morgan fingerprint density at radius 2 is 1.78 bits per heavy atom. The van der Waals surface area contributed by atoms with Gasteiger partial charge in [0.05, 0.1) is 6.04 Å². The van der Waals surface area contributed by atoms with Crippen molar-refractivity contribution in [2.45, 2.75) is 51.1 Å². The normalized spacial score (nSPS) is 18.7. The van der Waals surface area contributed by atoms with Crippen LogP contribution < -0.4 is 15.5 Å². The zero-order chi connectivity index (χ0) is 21.3. The number of nitrogens with zero attached hydrogens (tertiary/aromatic N) is 4. The van der Waals surface area contributed by atoms with Gasteiger partial charge in [-0.15, -0.1) is 35.3 Å². The van der Waals surface area contributed by atoms with Crippen LogP contribution in [0.25, 0.3) is 0 Å². The molecule has 2 N–H and O–H groups in total. The van der Waals surface area contributed by atoms with Crippen LogP contribution in [0.2, 0.25) is 0 Å². The first-order chi connectivity index (χ1) is 15.3. The molecule has 32 heavy (non-hydrogen) atoms. The molecule has 0 aromatic carbocycles. The second-order valence-electron chi connectivity index (χ2n) is 8.51. The lowest BCUT2D eigenvalue weighted by Gasteiger charge is -2.27. The first-order valence-electron chi connectivity index (χ1n) is 11.8. The third-order valence-corrected chi connectivity index (χ3v) is 7.31. The summed E-state index contributed by atoms with van der Waals surface area (Å²) in [7, 11) is 1.84. The van der Waals surface area contributed by atoms with Crippen LogP contribution in [0.15, 0.2) is 40.8 Å².